The van der Waals surface area contributed by atoms with Gasteiger partial charge in [0.2, 0.25) is 5.79 Å². The Morgan fingerprint density at radius 3 is 0.711 bits per heavy atom. The molecule has 14 bridgehead atoms. The Labute approximate surface area is 428 Å². The van der Waals surface area contributed by atoms with E-state index < -0.39 is 255 Å². The van der Waals surface area contributed by atoms with Gasteiger partial charge in [-0.25, -0.2) is 0 Å². The number of hydrogen-bond acceptors (Lipinski definition) is 35. The van der Waals surface area contributed by atoms with Crippen LogP contribution in [0.25, 0.3) is 0 Å². The molecule has 442 valence electrons. The van der Waals surface area contributed by atoms with Crippen LogP contribution in [0.5, 0.6) is 0 Å². The van der Waals surface area contributed by atoms with Crippen molar-refractivity contribution in [3.63, 3.8) is 0 Å². The fraction of sp³-hybridized carbons (Fsp3) is 1.00. The summed E-state index contributed by atoms with van der Waals surface area (Å²) in [5.74, 6) is -3.06. The lowest BCUT2D eigenvalue weighted by atomic mass is 9.95. The van der Waals surface area contributed by atoms with Crippen LogP contribution in [0.4, 0.5) is 0 Å². The molecule has 34 atom stereocenters. The molecule has 21 aliphatic rings. The first-order valence-corrected chi connectivity index (χ1v) is 24.1. The topological polar surface area (TPSA) is 554 Å². The van der Waals surface area contributed by atoms with E-state index in [9.17, 15) is 107 Å². The van der Waals surface area contributed by atoms with Crippen molar-refractivity contribution in [3.05, 3.63) is 0 Å². The number of aliphatic hydroxyl groups excluding tert-OH is 20. The minimum atomic E-state index is -3.06. The van der Waals surface area contributed by atoms with Gasteiger partial charge in [0.25, 0.3) is 0 Å². The monoisotopic (exact) mass is 1120 g/mol. The van der Waals surface area contributed by atoms with Crippen LogP contribution < -0.4 is 0 Å². The molecule has 76 heavy (non-hydrogen) atoms. The van der Waals surface area contributed by atoms with Gasteiger partial charge in [-0.05, 0) is 0 Å². The zero-order chi connectivity index (χ0) is 55.4. The summed E-state index contributed by atoms with van der Waals surface area (Å²) in [6, 6.07) is 0. The van der Waals surface area contributed by atoms with Crippen LogP contribution in [0.3, 0.4) is 0 Å². The van der Waals surface area contributed by atoms with Gasteiger partial charge in [-0.1, -0.05) is 0 Å². The molecule has 21 saturated heterocycles. The molecule has 21 heterocycles. The maximum atomic E-state index is 11.4. The second-order valence-electron chi connectivity index (χ2n) is 19.4. The summed E-state index contributed by atoms with van der Waals surface area (Å²) in [6.07, 6.45) is -67.6. The van der Waals surface area contributed by atoms with Gasteiger partial charge >= 0.3 is 0 Å². The van der Waals surface area contributed by atoms with Gasteiger partial charge in [0.05, 0.1) is 39.6 Å². The highest BCUT2D eigenvalue weighted by atomic mass is 16.8. The van der Waals surface area contributed by atoms with Gasteiger partial charge in [-0.2, -0.15) is 0 Å². The molecule has 0 spiro atoms. The van der Waals surface area contributed by atoms with Crippen molar-refractivity contribution in [2.45, 2.75) is 209 Å². The van der Waals surface area contributed by atoms with Crippen molar-refractivity contribution in [1.82, 2.24) is 0 Å². The Balaban J connectivity index is 1.07. The molecule has 0 amide bonds. The van der Waals surface area contributed by atoms with Crippen molar-refractivity contribution in [2.24, 2.45) is 0 Å². The number of aliphatic hydroxyl groups is 21. The Kier molecular flexibility index (Phi) is 20.0. The van der Waals surface area contributed by atoms with Crippen molar-refractivity contribution in [3.8, 4) is 0 Å². The SMILES string of the molecule is OCC1O[C@@H]2O[C@@H]3C(CO)O[C@H](O[C@]4(O)CO[C@H](O[C@@H]5C(CO)O[C@H](O[C@@H]6C(CO)O[C@@H](O[C@@H]7C(CO)O[C@@H](O[C@@H]8C(CO)O[C@@H](O[C@H]1[C@H](O)C2O)C(O)[C@H]8O)C(O)[C@H]7O)C(O)[C@H]6O)C(O)[C@H]5O)C(O)[C@H]4O)C(O)[C@H]3O. The molecule has 0 aromatic heterocycles. The van der Waals surface area contributed by atoms with Crippen LogP contribution in [0.1, 0.15) is 0 Å². The van der Waals surface area contributed by atoms with E-state index in [1.807, 2.05) is 0 Å². The molecule has 0 aliphatic carbocycles. The van der Waals surface area contributed by atoms with E-state index in [1.165, 1.54) is 0 Å². The molecule has 21 aliphatic heterocycles. The largest absolute Gasteiger partial charge is 0.394 e. The molecule has 0 aromatic carbocycles. The lowest BCUT2D eigenvalue weighted by molar-refractivity contribution is -0.433. The second kappa shape index (κ2) is 25.0. The zero-order valence-electron chi connectivity index (χ0n) is 39.6. The smallest absolute Gasteiger partial charge is 0.221 e. The summed E-state index contributed by atoms with van der Waals surface area (Å²) >= 11 is 0. The van der Waals surface area contributed by atoms with E-state index in [0.29, 0.717) is 0 Å². The molecule has 21 N–H and O–H groups in total. The molecule has 0 aromatic rings. The Hall–Kier alpha value is -1.40. The van der Waals surface area contributed by atoms with Crippen molar-refractivity contribution < 1.29 is 174 Å². The van der Waals surface area contributed by atoms with Crippen LogP contribution in [-0.4, -0.2) is 362 Å². The van der Waals surface area contributed by atoms with E-state index in [1.54, 1.807) is 0 Å². The average molecular weight is 1120 g/mol. The van der Waals surface area contributed by atoms with E-state index in [-0.39, 0.29) is 0 Å². The van der Waals surface area contributed by atoms with Gasteiger partial charge in [-0.15, -0.1) is 0 Å². The highest BCUT2D eigenvalue weighted by Crippen LogP contribution is 2.39. The van der Waals surface area contributed by atoms with E-state index in [2.05, 4.69) is 0 Å². The second-order valence-corrected chi connectivity index (χ2v) is 19.4. The number of ether oxygens (including phenoxy) is 14. The van der Waals surface area contributed by atoms with Crippen molar-refractivity contribution in [2.75, 3.05) is 46.2 Å². The molecule has 0 saturated carbocycles. The summed E-state index contributed by atoms with van der Waals surface area (Å²) in [7, 11) is 0. The molecule has 13 unspecified atom stereocenters. The molecule has 21 fully saturated rings. The Bertz CT molecular complexity index is 1820. The van der Waals surface area contributed by atoms with Gasteiger partial charge in [0.15, 0.2) is 44.0 Å². The Morgan fingerprint density at radius 1 is 0.263 bits per heavy atom. The number of hydrogen-bond donors (Lipinski definition) is 21. The van der Waals surface area contributed by atoms with Gasteiger partial charge in [0.1, 0.15) is 165 Å². The van der Waals surface area contributed by atoms with Crippen LogP contribution in [0, 0.1) is 0 Å². The summed E-state index contributed by atoms with van der Waals surface area (Å²) < 4.78 is 78.5. The first-order valence-electron chi connectivity index (χ1n) is 24.1. The number of rotatable bonds is 6. The predicted molar refractivity (Wildman–Crippen MR) is 224 cm³/mol. The quantitative estimate of drug-likeness (QED) is 0.117. The fourth-order valence-electron chi connectivity index (χ4n) is 10.1. The average Bonchev–Trinajstić information content (AvgIpc) is 3.41. The van der Waals surface area contributed by atoms with Crippen LogP contribution in [0.2, 0.25) is 0 Å². The normalized spacial score (nSPS) is 55.9. The lowest BCUT2D eigenvalue weighted by Gasteiger charge is -2.50. The third kappa shape index (κ3) is 11.5. The third-order valence-corrected chi connectivity index (χ3v) is 14.5. The standard InChI is InChI=1S/C41H68O35/c42-1-8-27-14(48)20(54)35(64-8)71-28-9(2-43)65-36(21(55)15(28)49)72-29-10(3-44)66-37(22(56)16(29)50)73-30-11(4-45)67-38(23(57)17(30)51)74-31-12(5-46)68-39(24(58)18(31)52)75-32-13(6-47)69-40(25(59)19(32)53)76-41(62)7-63-34(70-27)26(60)33(41)61/h8-40,42-62H,1-7H2/t8?,9?,10?,11?,12?,13?,14-,15-,16-,17-,18-,19-,20?,21?,22?,23?,24?,25?,26?,27-,28-,29-,30-,31-,32-,33-,34-,35-,36+,37+,38+,39-,40-,41-/m1/s1. The van der Waals surface area contributed by atoms with E-state index >= 15 is 0 Å². The lowest BCUT2D eigenvalue weighted by Crippen LogP contribution is -2.69. The van der Waals surface area contributed by atoms with E-state index in [4.69, 9.17) is 66.3 Å². The highest BCUT2D eigenvalue weighted by molar-refractivity contribution is 5.01. The molecular weight excluding hydrogens is 1050 g/mol. The van der Waals surface area contributed by atoms with Crippen LogP contribution in [-0.2, 0) is 66.3 Å². The predicted octanol–water partition coefficient (Wildman–Crippen LogP) is -15.3. The molecule has 35 nitrogen and oxygen atoms in total. The summed E-state index contributed by atoms with van der Waals surface area (Å²) in [4.78, 5) is 0. The zero-order valence-corrected chi connectivity index (χ0v) is 39.6. The van der Waals surface area contributed by atoms with Crippen LogP contribution in [0.15, 0.2) is 0 Å². The molecule has 0 radical (unpaired) electrons. The maximum Gasteiger partial charge on any atom is 0.221 e. The highest BCUT2D eigenvalue weighted by Gasteiger charge is 2.60. The summed E-state index contributed by atoms with van der Waals surface area (Å²) in [6.45, 7) is -7.50. The van der Waals surface area contributed by atoms with Crippen LogP contribution >= 0.6 is 0 Å². The molecule has 21 rings (SSSR count). The fourth-order valence-corrected chi connectivity index (χ4v) is 10.1. The van der Waals surface area contributed by atoms with E-state index in [0.717, 1.165) is 0 Å². The third-order valence-electron chi connectivity index (χ3n) is 14.5. The summed E-state index contributed by atoms with van der Waals surface area (Å²) in [5.41, 5.74) is 0. The Morgan fingerprint density at radius 2 is 0.474 bits per heavy atom. The van der Waals surface area contributed by atoms with Gasteiger partial charge in [0, 0.05) is 0 Å². The maximum absolute atomic E-state index is 11.4. The first kappa shape index (κ1) is 60.7. The first-order chi connectivity index (χ1) is 36.1. The van der Waals surface area contributed by atoms with Gasteiger partial charge < -0.3 is 174 Å². The van der Waals surface area contributed by atoms with Gasteiger partial charge in [-0.3, -0.25) is 0 Å². The minimum absolute atomic E-state index is 1.05. The molecular formula is C41H68O35. The van der Waals surface area contributed by atoms with Crippen molar-refractivity contribution in [1.29, 1.82) is 0 Å². The minimum Gasteiger partial charge on any atom is -0.394 e. The van der Waals surface area contributed by atoms with Crippen molar-refractivity contribution >= 4 is 0 Å². The molecule has 35 heteroatoms. The summed E-state index contributed by atoms with van der Waals surface area (Å²) in [5, 5.41) is 230.